The molecule has 56 valence electrons. The second-order valence-electron chi connectivity index (χ2n) is 1.98. The molecule has 0 aliphatic heterocycles. The SMILES string of the molecule is N#Cc1nc[nH]c1CC(N)=O. The number of hydrogen-bond acceptors (Lipinski definition) is 3. The van der Waals surface area contributed by atoms with Crippen LogP contribution in [0.2, 0.25) is 0 Å². The Kier molecular flexibility index (Phi) is 1.88. The van der Waals surface area contributed by atoms with Gasteiger partial charge in [0.15, 0.2) is 5.69 Å². The molecular weight excluding hydrogens is 144 g/mol. The van der Waals surface area contributed by atoms with Gasteiger partial charge in [-0.05, 0) is 0 Å². The summed E-state index contributed by atoms with van der Waals surface area (Å²) in [5.74, 6) is -0.481. The van der Waals surface area contributed by atoms with Crippen LogP contribution in [0.1, 0.15) is 11.4 Å². The molecule has 0 aliphatic rings. The Bertz CT molecular complexity index is 309. The number of nitriles is 1. The van der Waals surface area contributed by atoms with Gasteiger partial charge in [0.05, 0.1) is 18.4 Å². The first-order valence-corrected chi connectivity index (χ1v) is 2.94. The molecule has 1 aromatic rings. The van der Waals surface area contributed by atoms with Gasteiger partial charge in [-0.1, -0.05) is 0 Å². The molecule has 0 spiro atoms. The highest BCUT2D eigenvalue weighted by molar-refractivity contribution is 5.76. The highest BCUT2D eigenvalue weighted by atomic mass is 16.1. The summed E-state index contributed by atoms with van der Waals surface area (Å²) in [4.78, 5) is 16.7. The average Bonchev–Trinajstić information content (AvgIpc) is 2.34. The number of nitrogens with zero attached hydrogens (tertiary/aromatic N) is 2. The number of H-pyrrole nitrogens is 1. The fraction of sp³-hybridized carbons (Fsp3) is 0.167. The Balaban J connectivity index is 2.87. The minimum atomic E-state index is -0.481. The van der Waals surface area contributed by atoms with E-state index >= 15 is 0 Å². The van der Waals surface area contributed by atoms with E-state index < -0.39 is 5.91 Å². The quantitative estimate of drug-likeness (QED) is 0.584. The number of primary amides is 1. The van der Waals surface area contributed by atoms with E-state index in [1.165, 1.54) is 6.33 Å². The van der Waals surface area contributed by atoms with E-state index in [1.54, 1.807) is 0 Å². The number of carbonyl (C=O) groups is 1. The Morgan fingerprint density at radius 2 is 2.64 bits per heavy atom. The Labute approximate surface area is 62.8 Å². The molecule has 11 heavy (non-hydrogen) atoms. The summed E-state index contributed by atoms with van der Waals surface area (Å²) in [6.45, 7) is 0. The average molecular weight is 150 g/mol. The van der Waals surface area contributed by atoms with Crippen LogP contribution < -0.4 is 5.73 Å². The van der Waals surface area contributed by atoms with E-state index in [0.29, 0.717) is 5.69 Å². The van der Waals surface area contributed by atoms with E-state index in [9.17, 15) is 4.79 Å². The minimum absolute atomic E-state index is 0.0306. The van der Waals surface area contributed by atoms with Crippen molar-refractivity contribution in [2.24, 2.45) is 5.73 Å². The number of imidazole rings is 1. The van der Waals surface area contributed by atoms with Gasteiger partial charge in [0, 0.05) is 0 Å². The number of nitrogens with two attached hydrogens (primary N) is 1. The smallest absolute Gasteiger partial charge is 0.223 e. The third-order valence-electron chi connectivity index (χ3n) is 1.18. The van der Waals surface area contributed by atoms with Crippen molar-refractivity contribution in [3.63, 3.8) is 0 Å². The van der Waals surface area contributed by atoms with Crippen LogP contribution in [0.15, 0.2) is 6.33 Å². The third kappa shape index (κ3) is 1.55. The number of carbonyl (C=O) groups excluding carboxylic acids is 1. The Morgan fingerprint density at radius 1 is 1.91 bits per heavy atom. The van der Waals surface area contributed by atoms with Gasteiger partial charge in [0.1, 0.15) is 6.07 Å². The second kappa shape index (κ2) is 2.84. The second-order valence-corrected chi connectivity index (χ2v) is 1.98. The zero-order chi connectivity index (χ0) is 8.27. The molecule has 0 bridgehead atoms. The van der Waals surface area contributed by atoms with E-state index in [-0.39, 0.29) is 12.1 Å². The van der Waals surface area contributed by atoms with Crippen LogP contribution in [0.3, 0.4) is 0 Å². The number of aromatic amines is 1. The van der Waals surface area contributed by atoms with Crippen molar-refractivity contribution >= 4 is 5.91 Å². The number of nitrogens with one attached hydrogen (secondary N) is 1. The van der Waals surface area contributed by atoms with Crippen LogP contribution in [0.5, 0.6) is 0 Å². The molecule has 5 heteroatoms. The molecule has 5 nitrogen and oxygen atoms in total. The monoisotopic (exact) mass is 150 g/mol. The summed E-state index contributed by atoms with van der Waals surface area (Å²) in [5.41, 5.74) is 5.61. The molecule has 0 saturated carbocycles. The lowest BCUT2D eigenvalue weighted by atomic mass is 10.2. The maximum atomic E-state index is 10.4. The molecule has 1 rings (SSSR count). The van der Waals surface area contributed by atoms with Gasteiger partial charge in [-0.2, -0.15) is 5.26 Å². The van der Waals surface area contributed by atoms with Gasteiger partial charge in [-0.25, -0.2) is 4.98 Å². The van der Waals surface area contributed by atoms with Gasteiger partial charge in [-0.3, -0.25) is 4.79 Å². The van der Waals surface area contributed by atoms with Crippen molar-refractivity contribution in [1.82, 2.24) is 9.97 Å². The van der Waals surface area contributed by atoms with Crippen molar-refractivity contribution in [1.29, 1.82) is 5.26 Å². The topological polar surface area (TPSA) is 95.6 Å². The molecule has 0 radical (unpaired) electrons. The standard InChI is InChI=1S/C6H6N4O/c7-2-5-4(1-6(8)11)9-3-10-5/h3H,1H2,(H2,8,11)(H,9,10). The maximum absolute atomic E-state index is 10.4. The van der Waals surface area contributed by atoms with E-state index in [0.717, 1.165) is 0 Å². The van der Waals surface area contributed by atoms with Crippen molar-refractivity contribution in [3.05, 3.63) is 17.7 Å². The normalized spacial score (nSPS) is 9.00. The predicted molar refractivity (Wildman–Crippen MR) is 36.2 cm³/mol. The zero-order valence-electron chi connectivity index (χ0n) is 5.66. The summed E-state index contributed by atoms with van der Waals surface area (Å²) >= 11 is 0. The number of rotatable bonds is 2. The molecule has 1 amide bonds. The predicted octanol–water partition coefficient (Wildman–Crippen LogP) is -0.691. The van der Waals surface area contributed by atoms with Crippen molar-refractivity contribution in [2.45, 2.75) is 6.42 Å². The van der Waals surface area contributed by atoms with Crippen LogP contribution >= 0.6 is 0 Å². The molecule has 0 aromatic carbocycles. The van der Waals surface area contributed by atoms with Gasteiger partial charge >= 0.3 is 0 Å². The number of aromatic nitrogens is 2. The third-order valence-corrected chi connectivity index (χ3v) is 1.18. The lowest BCUT2D eigenvalue weighted by molar-refractivity contribution is -0.117. The van der Waals surface area contributed by atoms with Crippen LogP contribution in [-0.2, 0) is 11.2 Å². The van der Waals surface area contributed by atoms with Crippen molar-refractivity contribution in [3.8, 4) is 6.07 Å². The van der Waals surface area contributed by atoms with Gasteiger partial charge < -0.3 is 10.7 Å². The molecular formula is C6H6N4O. The summed E-state index contributed by atoms with van der Waals surface area (Å²) in [7, 11) is 0. The summed E-state index contributed by atoms with van der Waals surface area (Å²) in [6, 6.07) is 1.83. The molecule has 0 saturated heterocycles. The van der Waals surface area contributed by atoms with E-state index in [2.05, 4.69) is 9.97 Å². The molecule has 0 fully saturated rings. The van der Waals surface area contributed by atoms with Gasteiger partial charge in [0.25, 0.3) is 0 Å². The van der Waals surface area contributed by atoms with E-state index in [1.807, 2.05) is 6.07 Å². The van der Waals surface area contributed by atoms with Crippen LogP contribution in [0, 0.1) is 11.3 Å². The fourth-order valence-electron chi connectivity index (χ4n) is 0.726. The van der Waals surface area contributed by atoms with Crippen LogP contribution in [-0.4, -0.2) is 15.9 Å². The molecule has 0 atom stereocenters. The van der Waals surface area contributed by atoms with Crippen molar-refractivity contribution in [2.75, 3.05) is 0 Å². The summed E-state index contributed by atoms with van der Waals surface area (Å²) < 4.78 is 0. The molecule has 0 unspecified atom stereocenters. The van der Waals surface area contributed by atoms with E-state index in [4.69, 9.17) is 11.0 Å². The largest absolute Gasteiger partial charge is 0.369 e. The highest BCUT2D eigenvalue weighted by Crippen LogP contribution is 2.00. The number of hydrogen-bond donors (Lipinski definition) is 2. The first kappa shape index (κ1) is 7.28. The Morgan fingerprint density at radius 3 is 3.18 bits per heavy atom. The highest BCUT2D eigenvalue weighted by Gasteiger charge is 2.06. The lowest BCUT2D eigenvalue weighted by Gasteiger charge is -1.89. The number of amides is 1. The first-order valence-electron chi connectivity index (χ1n) is 2.94. The first-order chi connectivity index (χ1) is 5.24. The van der Waals surface area contributed by atoms with Crippen LogP contribution in [0.4, 0.5) is 0 Å². The van der Waals surface area contributed by atoms with Gasteiger partial charge in [0.2, 0.25) is 5.91 Å². The molecule has 0 aliphatic carbocycles. The van der Waals surface area contributed by atoms with Crippen LogP contribution in [0.25, 0.3) is 0 Å². The minimum Gasteiger partial charge on any atom is -0.369 e. The lowest BCUT2D eigenvalue weighted by Crippen LogP contribution is -2.14. The fourth-order valence-corrected chi connectivity index (χ4v) is 0.726. The van der Waals surface area contributed by atoms with Gasteiger partial charge in [-0.15, -0.1) is 0 Å². The summed E-state index contributed by atoms with van der Waals surface area (Å²) in [6.07, 6.45) is 1.39. The van der Waals surface area contributed by atoms with Crippen molar-refractivity contribution < 1.29 is 4.79 Å². The zero-order valence-corrected chi connectivity index (χ0v) is 5.66. The molecule has 3 N–H and O–H groups in total. The summed E-state index contributed by atoms with van der Waals surface area (Å²) in [5, 5.41) is 8.44. The maximum Gasteiger partial charge on any atom is 0.223 e. The molecule has 1 heterocycles. The molecule has 1 aromatic heterocycles. The Hall–Kier alpha value is -1.83.